The van der Waals surface area contributed by atoms with Gasteiger partial charge < -0.3 is 10.0 Å². The van der Waals surface area contributed by atoms with E-state index in [2.05, 4.69) is 46.4 Å². The van der Waals surface area contributed by atoms with Gasteiger partial charge in [-0.2, -0.15) is 0 Å². The normalized spacial score (nSPS) is 17.6. The van der Waals surface area contributed by atoms with Gasteiger partial charge in [0.15, 0.2) is 0 Å². The van der Waals surface area contributed by atoms with Crippen LogP contribution in [-0.2, 0) is 10.8 Å². The van der Waals surface area contributed by atoms with Gasteiger partial charge in [-0.15, -0.1) is 11.3 Å². The van der Waals surface area contributed by atoms with Crippen molar-refractivity contribution in [1.29, 1.82) is 0 Å². The zero-order valence-electron chi connectivity index (χ0n) is 16.6. The van der Waals surface area contributed by atoms with Crippen molar-refractivity contribution >= 4 is 28.0 Å². The van der Waals surface area contributed by atoms with E-state index in [0.29, 0.717) is 5.56 Å². The first-order chi connectivity index (χ1) is 12.1. The molecule has 0 saturated carbocycles. The SMILES string of the molecule is CCN(c1ccc(C(=O)O)cc1)c1sc2c(c1C)C(C)(C)CCC2(C)C. The molecule has 0 bridgehead atoms. The summed E-state index contributed by atoms with van der Waals surface area (Å²) in [6, 6.07) is 7.22. The molecule has 1 aromatic heterocycles. The summed E-state index contributed by atoms with van der Waals surface area (Å²) in [6.07, 6.45) is 2.43. The highest BCUT2D eigenvalue weighted by molar-refractivity contribution is 7.16. The van der Waals surface area contributed by atoms with Gasteiger partial charge in [-0.05, 0) is 72.9 Å². The van der Waals surface area contributed by atoms with Crippen LogP contribution in [0, 0.1) is 6.92 Å². The van der Waals surface area contributed by atoms with Gasteiger partial charge in [0.1, 0.15) is 0 Å². The highest BCUT2D eigenvalue weighted by Gasteiger charge is 2.41. The Morgan fingerprint density at radius 2 is 1.69 bits per heavy atom. The Kier molecular flexibility index (Phi) is 4.68. The Morgan fingerprint density at radius 3 is 2.19 bits per heavy atom. The maximum Gasteiger partial charge on any atom is 0.335 e. The fraction of sp³-hybridized carbons (Fsp3) is 0.500. The molecule has 0 unspecified atom stereocenters. The number of hydrogen-bond donors (Lipinski definition) is 1. The Morgan fingerprint density at radius 1 is 1.12 bits per heavy atom. The molecule has 1 heterocycles. The number of anilines is 2. The Hall–Kier alpha value is -1.81. The van der Waals surface area contributed by atoms with E-state index in [-0.39, 0.29) is 10.8 Å². The van der Waals surface area contributed by atoms with Crippen LogP contribution in [0.1, 0.15) is 73.8 Å². The molecule has 140 valence electrons. The molecular formula is C22H29NO2S. The van der Waals surface area contributed by atoms with E-state index in [0.717, 1.165) is 12.2 Å². The number of carboxylic acid groups (broad SMARTS) is 1. The number of rotatable bonds is 4. The zero-order chi connectivity index (χ0) is 19.3. The highest BCUT2D eigenvalue weighted by Crippen LogP contribution is 2.54. The fourth-order valence-electron chi connectivity index (χ4n) is 4.14. The first kappa shape index (κ1) is 19.0. The number of benzene rings is 1. The van der Waals surface area contributed by atoms with Crippen LogP contribution in [0.3, 0.4) is 0 Å². The molecule has 0 aliphatic heterocycles. The van der Waals surface area contributed by atoms with Crippen LogP contribution in [0.15, 0.2) is 24.3 Å². The lowest BCUT2D eigenvalue weighted by Crippen LogP contribution is -2.32. The van der Waals surface area contributed by atoms with Gasteiger partial charge in [0, 0.05) is 17.1 Å². The summed E-state index contributed by atoms with van der Waals surface area (Å²) < 4.78 is 0. The molecule has 0 radical (unpaired) electrons. The third-order valence-corrected chi connectivity index (χ3v) is 7.46. The number of fused-ring (bicyclic) bond motifs is 1. The number of aromatic carboxylic acids is 1. The second-order valence-electron chi connectivity index (χ2n) is 8.60. The van der Waals surface area contributed by atoms with Crippen LogP contribution in [0.5, 0.6) is 0 Å². The van der Waals surface area contributed by atoms with Gasteiger partial charge in [0.25, 0.3) is 0 Å². The third kappa shape index (κ3) is 3.05. The molecule has 1 aromatic carbocycles. The van der Waals surface area contributed by atoms with Crippen LogP contribution < -0.4 is 4.90 Å². The lowest BCUT2D eigenvalue weighted by molar-refractivity contribution is 0.0697. The Labute approximate surface area is 160 Å². The van der Waals surface area contributed by atoms with E-state index in [9.17, 15) is 4.79 Å². The lowest BCUT2D eigenvalue weighted by Gasteiger charge is -2.39. The quantitative estimate of drug-likeness (QED) is 0.689. The molecule has 1 aliphatic rings. The van der Waals surface area contributed by atoms with Crippen LogP contribution in [-0.4, -0.2) is 17.6 Å². The van der Waals surface area contributed by atoms with Crippen molar-refractivity contribution < 1.29 is 9.90 Å². The van der Waals surface area contributed by atoms with E-state index in [1.165, 1.54) is 33.8 Å². The largest absolute Gasteiger partial charge is 0.478 e. The molecule has 0 fully saturated rings. The monoisotopic (exact) mass is 371 g/mol. The highest BCUT2D eigenvalue weighted by atomic mass is 32.1. The van der Waals surface area contributed by atoms with Crippen LogP contribution in [0.4, 0.5) is 10.7 Å². The van der Waals surface area contributed by atoms with Gasteiger partial charge >= 0.3 is 5.97 Å². The van der Waals surface area contributed by atoms with Crippen molar-refractivity contribution in [2.45, 2.75) is 65.2 Å². The third-order valence-electron chi connectivity index (χ3n) is 5.78. The zero-order valence-corrected chi connectivity index (χ0v) is 17.5. The molecule has 2 aromatic rings. The van der Waals surface area contributed by atoms with Crippen molar-refractivity contribution in [3.63, 3.8) is 0 Å². The number of nitrogens with zero attached hydrogens (tertiary/aromatic N) is 1. The number of hydrogen-bond acceptors (Lipinski definition) is 3. The molecule has 0 atom stereocenters. The topological polar surface area (TPSA) is 40.5 Å². The number of carboxylic acids is 1. The minimum atomic E-state index is -0.883. The maximum absolute atomic E-state index is 11.1. The average molecular weight is 372 g/mol. The van der Waals surface area contributed by atoms with Crippen LogP contribution in [0.2, 0.25) is 0 Å². The molecule has 3 nitrogen and oxygen atoms in total. The second-order valence-corrected chi connectivity index (χ2v) is 9.60. The van der Waals surface area contributed by atoms with Crippen molar-refractivity contribution in [2.24, 2.45) is 0 Å². The van der Waals surface area contributed by atoms with Crippen molar-refractivity contribution in [2.75, 3.05) is 11.4 Å². The smallest absolute Gasteiger partial charge is 0.335 e. The summed E-state index contributed by atoms with van der Waals surface area (Å²) in [5.41, 5.74) is 4.70. The fourth-order valence-corrected chi connectivity index (χ4v) is 5.84. The minimum Gasteiger partial charge on any atom is -0.478 e. The molecule has 1 N–H and O–H groups in total. The Balaban J connectivity index is 2.11. The van der Waals surface area contributed by atoms with E-state index in [1.54, 1.807) is 12.1 Å². The predicted molar refractivity (Wildman–Crippen MR) is 110 cm³/mol. The predicted octanol–water partition coefficient (Wildman–Crippen LogP) is 6.26. The van der Waals surface area contributed by atoms with Crippen LogP contribution in [0.25, 0.3) is 0 Å². The average Bonchev–Trinajstić information content (AvgIpc) is 2.93. The molecule has 0 spiro atoms. The summed E-state index contributed by atoms with van der Waals surface area (Å²) in [7, 11) is 0. The lowest BCUT2D eigenvalue weighted by atomic mass is 9.66. The van der Waals surface area contributed by atoms with E-state index in [4.69, 9.17) is 5.11 Å². The van der Waals surface area contributed by atoms with Gasteiger partial charge in [-0.25, -0.2) is 4.79 Å². The number of carbonyl (C=O) groups is 1. The molecule has 0 amide bonds. The first-order valence-electron chi connectivity index (χ1n) is 9.34. The minimum absolute atomic E-state index is 0.205. The van der Waals surface area contributed by atoms with E-state index in [1.807, 2.05) is 23.5 Å². The van der Waals surface area contributed by atoms with Gasteiger partial charge in [0.05, 0.1) is 10.6 Å². The van der Waals surface area contributed by atoms with Gasteiger partial charge in [-0.3, -0.25) is 0 Å². The molecule has 1 aliphatic carbocycles. The van der Waals surface area contributed by atoms with Gasteiger partial charge in [-0.1, -0.05) is 27.7 Å². The summed E-state index contributed by atoms with van der Waals surface area (Å²) >= 11 is 1.92. The summed E-state index contributed by atoms with van der Waals surface area (Å²) in [5.74, 6) is -0.883. The summed E-state index contributed by atoms with van der Waals surface area (Å²) in [6.45, 7) is 14.7. The second kappa shape index (κ2) is 6.41. The molecule has 3 rings (SSSR count). The van der Waals surface area contributed by atoms with E-state index >= 15 is 0 Å². The molecule has 4 heteroatoms. The van der Waals surface area contributed by atoms with Crippen LogP contribution >= 0.6 is 11.3 Å². The first-order valence-corrected chi connectivity index (χ1v) is 10.2. The summed E-state index contributed by atoms with van der Waals surface area (Å²) in [5, 5.41) is 10.4. The standard InChI is InChI=1S/C22H29NO2S/c1-7-23(16-10-8-15(9-11-16)20(24)25)19-14(2)17-18(26-19)22(5,6)13-12-21(17,3)4/h8-11H,7,12-13H2,1-6H3,(H,24,25). The maximum atomic E-state index is 11.1. The van der Waals surface area contributed by atoms with Crippen molar-refractivity contribution in [3.8, 4) is 0 Å². The van der Waals surface area contributed by atoms with Crippen molar-refractivity contribution in [1.82, 2.24) is 0 Å². The van der Waals surface area contributed by atoms with Crippen molar-refractivity contribution in [3.05, 3.63) is 45.8 Å². The van der Waals surface area contributed by atoms with Gasteiger partial charge in [0.2, 0.25) is 0 Å². The number of thiophene rings is 1. The molecule has 0 saturated heterocycles. The Bertz CT molecular complexity index is 831. The van der Waals surface area contributed by atoms with E-state index < -0.39 is 5.97 Å². The summed E-state index contributed by atoms with van der Waals surface area (Å²) in [4.78, 5) is 15.0. The molecular weight excluding hydrogens is 342 g/mol. The molecule has 26 heavy (non-hydrogen) atoms.